The van der Waals surface area contributed by atoms with E-state index in [9.17, 15) is 15.2 Å². The summed E-state index contributed by atoms with van der Waals surface area (Å²) in [6.45, 7) is 4.13. The zero-order chi connectivity index (χ0) is 16.1. The molecule has 1 saturated heterocycles. The third-order valence-electron chi connectivity index (χ3n) is 3.77. The van der Waals surface area contributed by atoms with Crippen LogP contribution in [0.2, 0.25) is 0 Å². The van der Waals surface area contributed by atoms with Crippen molar-refractivity contribution in [3.05, 3.63) is 28.3 Å². The Kier molecular flexibility index (Phi) is 5.53. The van der Waals surface area contributed by atoms with Crippen molar-refractivity contribution >= 4 is 17.1 Å². The third-order valence-corrected chi connectivity index (χ3v) is 3.77. The molecule has 1 fully saturated rings. The summed E-state index contributed by atoms with van der Waals surface area (Å²) in [5.41, 5.74) is 6.74. The highest BCUT2D eigenvalue weighted by molar-refractivity contribution is 5.66. The first-order valence-electron chi connectivity index (χ1n) is 7.19. The average Bonchev–Trinajstić information content (AvgIpc) is 2.47. The number of nitrogens with two attached hydrogens (primary N) is 1. The Morgan fingerprint density at radius 2 is 2.09 bits per heavy atom. The minimum absolute atomic E-state index is 0.0647. The number of nitrogens with zero attached hydrogens (tertiary/aromatic N) is 3. The first-order valence-corrected chi connectivity index (χ1v) is 7.19. The average molecular weight is 310 g/mol. The van der Waals surface area contributed by atoms with E-state index in [2.05, 4.69) is 9.80 Å². The predicted molar refractivity (Wildman–Crippen MR) is 84.0 cm³/mol. The number of β-amino-alcohol motifs (C(OH)–C–C–N with tert-alkyl or cyclic N) is 1. The van der Waals surface area contributed by atoms with Crippen LogP contribution in [0, 0.1) is 10.1 Å². The van der Waals surface area contributed by atoms with E-state index in [1.54, 1.807) is 19.2 Å². The van der Waals surface area contributed by atoms with Gasteiger partial charge in [-0.3, -0.25) is 15.0 Å². The van der Waals surface area contributed by atoms with Crippen molar-refractivity contribution < 1.29 is 14.8 Å². The minimum Gasteiger partial charge on any atom is -0.393 e. The van der Waals surface area contributed by atoms with Gasteiger partial charge in [-0.1, -0.05) is 0 Å². The molecule has 1 aliphatic heterocycles. The van der Waals surface area contributed by atoms with Crippen molar-refractivity contribution in [2.45, 2.75) is 6.10 Å². The first kappa shape index (κ1) is 16.5. The van der Waals surface area contributed by atoms with Gasteiger partial charge in [0.1, 0.15) is 5.69 Å². The lowest BCUT2D eigenvalue weighted by atomic mass is 10.2. The van der Waals surface area contributed by atoms with Crippen LogP contribution in [0.15, 0.2) is 18.2 Å². The Labute approximate surface area is 129 Å². The first-order chi connectivity index (χ1) is 10.5. The second-order valence-corrected chi connectivity index (χ2v) is 5.40. The van der Waals surface area contributed by atoms with E-state index in [1.165, 1.54) is 6.07 Å². The number of benzene rings is 1. The molecule has 1 heterocycles. The van der Waals surface area contributed by atoms with E-state index in [-0.39, 0.29) is 11.4 Å². The second-order valence-electron chi connectivity index (χ2n) is 5.40. The quantitative estimate of drug-likeness (QED) is 0.442. The van der Waals surface area contributed by atoms with Crippen molar-refractivity contribution in [1.29, 1.82) is 0 Å². The Balaban J connectivity index is 1.91. The zero-order valence-corrected chi connectivity index (χ0v) is 12.6. The molecule has 1 aromatic rings. The summed E-state index contributed by atoms with van der Waals surface area (Å²) in [6.07, 6.45) is -0.480. The lowest BCUT2D eigenvalue weighted by Crippen LogP contribution is -2.49. The zero-order valence-electron chi connectivity index (χ0n) is 12.6. The Morgan fingerprint density at radius 1 is 1.41 bits per heavy atom. The molecule has 3 N–H and O–H groups in total. The van der Waals surface area contributed by atoms with Crippen LogP contribution >= 0.6 is 0 Å². The summed E-state index contributed by atoms with van der Waals surface area (Å²) >= 11 is 0. The number of piperazine rings is 1. The molecule has 122 valence electrons. The number of nitro groups is 1. The highest BCUT2D eigenvalue weighted by Crippen LogP contribution is 2.27. The number of aliphatic hydroxyl groups excluding tert-OH is 1. The second kappa shape index (κ2) is 7.39. The topological polar surface area (TPSA) is 105 Å². The molecule has 2 rings (SSSR count). The molecule has 1 atom stereocenters. The number of anilines is 2. The van der Waals surface area contributed by atoms with Gasteiger partial charge in [-0.15, -0.1) is 0 Å². The number of ether oxygens (including phenoxy) is 1. The van der Waals surface area contributed by atoms with Crippen LogP contribution in [0.3, 0.4) is 0 Å². The summed E-state index contributed by atoms with van der Waals surface area (Å²) in [6, 6.07) is 4.82. The number of methoxy groups -OCH3 is 1. The smallest absolute Gasteiger partial charge is 0.292 e. The summed E-state index contributed by atoms with van der Waals surface area (Å²) in [5, 5.41) is 20.5. The maximum absolute atomic E-state index is 10.8. The summed E-state index contributed by atoms with van der Waals surface area (Å²) in [7, 11) is 1.57. The van der Waals surface area contributed by atoms with Crippen molar-refractivity contribution in [2.75, 3.05) is 57.1 Å². The van der Waals surface area contributed by atoms with Gasteiger partial charge in [0.2, 0.25) is 0 Å². The number of hydrogen-bond acceptors (Lipinski definition) is 7. The molecule has 0 saturated carbocycles. The van der Waals surface area contributed by atoms with Crippen LogP contribution in [-0.2, 0) is 4.74 Å². The number of hydrogen-bond donors (Lipinski definition) is 2. The SMILES string of the molecule is COC[C@@H](O)CN1CCN(c2ccc([N+](=O)[O-])c(N)c2)CC1. The Bertz CT molecular complexity index is 518. The molecule has 0 aliphatic carbocycles. The molecule has 0 spiro atoms. The van der Waals surface area contributed by atoms with Crippen LogP contribution in [0.1, 0.15) is 0 Å². The maximum atomic E-state index is 10.8. The van der Waals surface area contributed by atoms with Crippen LogP contribution in [0.25, 0.3) is 0 Å². The maximum Gasteiger partial charge on any atom is 0.292 e. The van der Waals surface area contributed by atoms with Crippen molar-refractivity contribution in [3.8, 4) is 0 Å². The molecule has 0 bridgehead atoms. The summed E-state index contributed by atoms with van der Waals surface area (Å²) in [4.78, 5) is 14.6. The molecule has 1 aliphatic rings. The molecule has 0 aromatic heterocycles. The van der Waals surface area contributed by atoms with E-state index >= 15 is 0 Å². The fourth-order valence-corrected chi connectivity index (χ4v) is 2.64. The monoisotopic (exact) mass is 310 g/mol. The molecule has 8 heteroatoms. The molecule has 0 radical (unpaired) electrons. The lowest BCUT2D eigenvalue weighted by molar-refractivity contribution is -0.383. The van der Waals surface area contributed by atoms with Gasteiger partial charge in [-0.25, -0.2) is 0 Å². The van der Waals surface area contributed by atoms with Gasteiger partial charge < -0.3 is 20.5 Å². The van der Waals surface area contributed by atoms with E-state index in [4.69, 9.17) is 10.5 Å². The molecule has 0 unspecified atom stereocenters. The van der Waals surface area contributed by atoms with Gasteiger partial charge in [0.15, 0.2) is 0 Å². The minimum atomic E-state index is -0.480. The fraction of sp³-hybridized carbons (Fsp3) is 0.571. The standard InChI is InChI=1S/C14H22N4O4/c1-22-10-12(19)9-16-4-6-17(7-5-16)11-2-3-14(18(20)21)13(15)8-11/h2-3,8,12,19H,4-7,9-10,15H2,1H3/t12-/m0/s1. The molecule has 0 amide bonds. The van der Waals surface area contributed by atoms with Crippen LogP contribution in [0.4, 0.5) is 17.1 Å². The summed E-state index contributed by atoms with van der Waals surface area (Å²) in [5.74, 6) is 0. The van der Waals surface area contributed by atoms with Crippen LogP contribution in [-0.4, -0.2) is 67.5 Å². The van der Waals surface area contributed by atoms with E-state index < -0.39 is 11.0 Å². The van der Waals surface area contributed by atoms with Gasteiger partial charge >= 0.3 is 0 Å². The van der Waals surface area contributed by atoms with Gasteiger partial charge in [-0.2, -0.15) is 0 Å². The molecular weight excluding hydrogens is 288 g/mol. The van der Waals surface area contributed by atoms with Gasteiger partial charge in [-0.05, 0) is 12.1 Å². The van der Waals surface area contributed by atoms with E-state index in [0.717, 1.165) is 31.9 Å². The summed E-state index contributed by atoms with van der Waals surface area (Å²) < 4.78 is 4.92. The largest absolute Gasteiger partial charge is 0.393 e. The predicted octanol–water partition coefficient (Wildman–Crippen LogP) is 0.306. The fourth-order valence-electron chi connectivity index (χ4n) is 2.64. The lowest BCUT2D eigenvalue weighted by Gasteiger charge is -2.36. The third kappa shape index (κ3) is 4.06. The molecule has 22 heavy (non-hydrogen) atoms. The van der Waals surface area contributed by atoms with Gasteiger partial charge in [0.05, 0.1) is 17.6 Å². The van der Waals surface area contributed by atoms with E-state index in [0.29, 0.717) is 13.2 Å². The Hall–Kier alpha value is -1.90. The highest BCUT2D eigenvalue weighted by atomic mass is 16.6. The highest BCUT2D eigenvalue weighted by Gasteiger charge is 2.21. The van der Waals surface area contributed by atoms with Crippen molar-refractivity contribution in [2.24, 2.45) is 0 Å². The molecular formula is C14H22N4O4. The van der Waals surface area contributed by atoms with Crippen molar-refractivity contribution in [3.63, 3.8) is 0 Å². The Morgan fingerprint density at radius 3 is 2.64 bits per heavy atom. The number of rotatable bonds is 6. The number of nitrogen functional groups attached to an aromatic ring is 1. The normalized spacial score (nSPS) is 17.5. The van der Waals surface area contributed by atoms with Gasteiger partial charge in [0.25, 0.3) is 5.69 Å². The number of aliphatic hydroxyl groups is 1. The molecule has 1 aromatic carbocycles. The molecule has 8 nitrogen and oxygen atoms in total. The van der Waals surface area contributed by atoms with Gasteiger partial charge in [0, 0.05) is 51.6 Å². The van der Waals surface area contributed by atoms with Crippen LogP contribution < -0.4 is 10.6 Å². The number of nitro benzene ring substituents is 1. The van der Waals surface area contributed by atoms with Crippen LogP contribution in [0.5, 0.6) is 0 Å². The van der Waals surface area contributed by atoms with E-state index in [1.807, 2.05) is 0 Å². The van der Waals surface area contributed by atoms with Crippen molar-refractivity contribution in [1.82, 2.24) is 4.90 Å².